The first kappa shape index (κ1) is 11.5. The lowest BCUT2D eigenvalue weighted by atomic mass is 9.87. The maximum atomic E-state index is 11.4. The number of esters is 1. The molecule has 1 fully saturated rings. The molecule has 14 heavy (non-hydrogen) atoms. The van der Waals surface area contributed by atoms with Gasteiger partial charge >= 0.3 is 13.1 Å². The lowest BCUT2D eigenvalue weighted by Gasteiger charge is -2.19. The first-order chi connectivity index (χ1) is 6.70. The van der Waals surface area contributed by atoms with Crippen molar-refractivity contribution in [3.8, 4) is 0 Å². The van der Waals surface area contributed by atoms with Crippen LogP contribution in [-0.4, -0.2) is 29.7 Å². The SMILES string of the molecule is O=C(OCCB(O)O)C1CCCCC1. The normalized spacial score (nSPS) is 17.9. The van der Waals surface area contributed by atoms with Gasteiger partial charge in [0.1, 0.15) is 0 Å². The third-order valence-electron chi connectivity index (χ3n) is 2.56. The third-order valence-corrected chi connectivity index (χ3v) is 2.56. The fourth-order valence-corrected chi connectivity index (χ4v) is 1.72. The number of rotatable bonds is 4. The molecule has 0 unspecified atom stereocenters. The molecule has 0 saturated heterocycles. The van der Waals surface area contributed by atoms with E-state index in [1.807, 2.05) is 0 Å². The highest BCUT2D eigenvalue weighted by atomic mass is 16.5. The molecule has 0 spiro atoms. The van der Waals surface area contributed by atoms with Crippen LogP contribution in [0.2, 0.25) is 6.32 Å². The van der Waals surface area contributed by atoms with Gasteiger partial charge in [0.2, 0.25) is 0 Å². The molecule has 0 radical (unpaired) electrons. The summed E-state index contributed by atoms with van der Waals surface area (Å²) < 4.78 is 4.93. The summed E-state index contributed by atoms with van der Waals surface area (Å²) in [5.41, 5.74) is 0. The second kappa shape index (κ2) is 6.04. The molecule has 1 aliphatic rings. The minimum absolute atomic E-state index is 0.0413. The van der Waals surface area contributed by atoms with E-state index in [2.05, 4.69) is 0 Å². The Morgan fingerprint density at radius 1 is 1.29 bits per heavy atom. The summed E-state index contributed by atoms with van der Waals surface area (Å²) in [5.74, 6) is -0.134. The van der Waals surface area contributed by atoms with Crippen molar-refractivity contribution in [2.24, 2.45) is 5.92 Å². The Balaban J connectivity index is 2.13. The molecule has 0 aliphatic heterocycles. The van der Waals surface area contributed by atoms with E-state index in [0.29, 0.717) is 0 Å². The molecule has 2 N–H and O–H groups in total. The first-order valence-electron chi connectivity index (χ1n) is 5.23. The van der Waals surface area contributed by atoms with Gasteiger partial charge in [0.05, 0.1) is 12.5 Å². The minimum Gasteiger partial charge on any atom is -0.466 e. The van der Waals surface area contributed by atoms with Gasteiger partial charge < -0.3 is 14.8 Å². The van der Waals surface area contributed by atoms with Gasteiger partial charge in [0.15, 0.2) is 0 Å². The van der Waals surface area contributed by atoms with Gasteiger partial charge in [-0.2, -0.15) is 0 Å². The Hall–Kier alpha value is -0.545. The zero-order chi connectivity index (χ0) is 10.4. The standard InChI is InChI=1S/C9H17BO4/c11-9(14-7-6-10(12)13)8-4-2-1-3-5-8/h8,12-13H,1-7H2. The van der Waals surface area contributed by atoms with E-state index in [1.54, 1.807) is 0 Å². The van der Waals surface area contributed by atoms with Gasteiger partial charge in [-0.1, -0.05) is 19.3 Å². The van der Waals surface area contributed by atoms with E-state index in [0.717, 1.165) is 25.7 Å². The Morgan fingerprint density at radius 3 is 2.50 bits per heavy atom. The molecule has 4 nitrogen and oxygen atoms in total. The molecule has 1 aliphatic carbocycles. The second-order valence-electron chi connectivity index (χ2n) is 3.77. The van der Waals surface area contributed by atoms with E-state index in [4.69, 9.17) is 14.8 Å². The molecule has 0 amide bonds. The highest BCUT2D eigenvalue weighted by Crippen LogP contribution is 2.24. The Morgan fingerprint density at radius 2 is 1.93 bits per heavy atom. The lowest BCUT2D eigenvalue weighted by Crippen LogP contribution is -2.22. The van der Waals surface area contributed by atoms with E-state index < -0.39 is 7.12 Å². The summed E-state index contributed by atoms with van der Waals surface area (Å²) in [5, 5.41) is 17.1. The fourth-order valence-electron chi connectivity index (χ4n) is 1.72. The highest BCUT2D eigenvalue weighted by Gasteiger charge is 2.22. The Bertz CT molecular complexity index is 178. The van der Waals surface area contributed by atoms with Crippen LogP contribution in [0.3, 0.4) is 0 Å². The predicted octanol–water partition coefficient (Wildman–Crippen LogP) is 0.583. The van der Waals surface area contributed by atoms with Gasteiger partial charge in [0.25, 0.3) is 0 Å². The van der Waals surface area contributed by atoms with Gasteiger partial charge in [-0.25, -0.2) is 0 Å². The van der Waals surface area contributed by atoms with Crippen LogP contribution in [0.25, 0.3) is 0 Å². The van der Waals surface area contributed by atoms with Gasteiger partial charge in [-0.3, -0.25) is 4.79 Å². The molecule has 80 valence electrons. The van der Waals surface area contributed by atoms with E-state index in [-0.39, 0.29) is 24.8 Å². The topological polar surface area (TPSA) is 66.8 Å². The smallest absolute Gasteiger partial charge is 0.454 e. The van der Waals surface area contributed by atoms with Crippen molar-refractivity contribution < 1.29 is 19.6 Å². The molecule has 1 rings (SSSR count). The monoisotopic (exact) mass is 200 g/mol. The molecule has 5 heteroatoms. The molecular formula is C9H17BO4. The molecule has 0 aromatic carbocycles. The Labute approximate surface area is 84.4 Å². The van der Waals surface area contributed by atoms with E-state index in [9.17, 15) is 4.79 Å². The van der Waals surface area contributed by atoms with E-state index >= 15 is 0 Å². The average molecular weight is 200 g/mol. The first-order valence-corrected chi connectivity index (χ1v) is 5.23. The van der Waals surface area contributed by atoms with Crippen molar-refractivity contribution in [2.45, 2.75) is 38.4 Å². The van der Waals surface area contributed by atoms with Crippen molar-refractivity contribution in [3.05, 3.63) is 0 Å². The fraction of sp³-hybridized carbons (Fsp3) is 0.889. The summed E-state index contributed by atoms with van der Waals surface area (Å²) in [6.07, 6.45) is 5.34. The van der Waals surface area contributed by atoms with Gasteiger partial charge in [0, 0.05) is 6.32 Å². The largest absolute Gasteiger partial charge is 0.466 e. The maximum Gasteiger partial charge on any atom is 0.454 e. The lowest BCUT2D eigenvalue weighted by molar-refractivity contribution is -0.149. The summed E-state index contributed by atoms with van der Waals surface area (Å²) in [6.45, 7) is 0.104. The molecule has 0 aromatic rings. The maximum absolute atomic E-state index is 11.4. The van der Waals surface area contributed by atoms with Crippen molar-refractivity contribution in [1.82, 2.24) is 0 Å². The molecular weight excluding hydrogens is 183 g/mol. The zero-order valence-electron chi connectivity index (χ0n) is 8.32. The van der Waals surface area contributed by atoms with Gasteiger partial charge in [-0.15, -0.1) is 0 Å². The van der Waals surface area contributed by atoms with Crippen molar-refractivity contribution in [2.75, 3.05) is 6.61 Å². The summed E-state index contributed by atoms with van der Waals surface area (Å²) in [7, 11) is -1.38. The average Bonchev–Trinajstić information content (AvgIpc) is 2.18. The van der Waals surface area contributed by atoms with Crippen LogP contribution in [0, 0.1) is 5.92 Å². The summed E-state index contributed by atoms with van der Waals surface area (Å²) in [6, 6.07) is 0. The third kappa shape index (κ3) is 4.11. The van der Waals surface area contributed by atoms with Crippen LogP contribution < -0.4 is 0 Å². The van der Waals surface area contributed by atoms with Crippen LogP contribution in [0.15, 0.2) is 0 Å². The summed E-state index contributed by atoms with van der Waals surface area (Å²) in [4.78, 5) is 11.4. The Kier molecular flexibility index (Phi) is 4.97. The van der Waals surface area contributed by atoms with Crippen molar-refractivity contribution >= 4 is 13.1 Å². The highest BCUT2D eigenvalue weighted by molar-refractivity contribution is 6.41. The van der Waals surface area contributed by atoms with Crippen LogP contribution in [0.4, 0.5) is 0 Å². The number of hydrogen-bond donors (Lipinski definition) is 2. The van der Waals surface area contributed by atoms with Crippen LogP contribution in [-0.2, 0) is 9.53 Å². The van der Waals surface area contributed by atoms with Crippen molar-refractivity contribution in [1.29, 1.82) is 0 Å². The number of ether oxygens (including phenoxy) is 1. The van der Waals surface area contributed by atoms with Crippen LogP contribution in [0.5, 0.6) is 0 Å². The molecule has 1 saturated carbocycles. The number of carbonyl (C=O) groups is 1. The molecule has 0 aromatic heterocycles. The van der Waals surface area contributed by atoms with Gasteiger partial charge in [-0.05, 0) is 12.8 Å². The van der Waals surface area contributed by atoms with Crippen LogP contribution in [0.1, 0.15) is 32.1 Å². The van der Waals surface area contributed by atoms with Crippen molar-refractivity contribution in [3.63, 3.8) is 0 Å². The second-order valence-corrected chi connectivity index (χ2v) is 3.77. The minimum atomic E-state index is -1.38. The van der Waals surface area contributed by atoms with E-state index in [1.165, 1.54) is 6.42 Å². The predicted molar refractivity (Wildman–Crippen MR) is 52.5 cm³/mol. The molecule has 0 bridgehead atoms. The molecule has 0 heterocycles. The zero-order valence-corrected chi connectivity index (χ0v) is 8.32. The number of carbonyl (C=O) groups excluding carboxylic acids is 1. The van der Waals surface area contributed by atoms with Crippen LogP contribution >= 0.6 is 0 Å². The summed E-state index contributed by atoms with van der Waals surface area (Å²) >= 11 is 0. The number of hydrogen-bond acceptors (Lipinski definition) is 4. The quantitative estimate of drug-likeness (QED) is 0.514. The molecule has 0 atom stereocenters.